The number of rotatable bonds is 1. The van der Waals surface area contributed by atoms with E-state index < -0.39 is 5.91 Å². The minimum Gasteiger partial charge on any atom is -0.366 e. The SMILES string of the molecule is NC(=O)c1ccc(=c2ccc3c(c2)N=CN=3)c2c1N=CN=2. The van der Waals surface area contributed by atoms with Crippen LogP contribution in [0.4, 0.5) is 11.4 Å². The Kier molecular flexibility index (Phi) is 2.32. The molecule has 0 spiro atoms. The normalized spacial score (nSPS) is 15.2. The number of carbonyl (C=O) groups excluding carboxylic acids is 1. The minimum atomic E-state index is -0.510. The lowest BCUT2D eigenvalue weighted by molar-refractivity contribution is 0.100. The Balaban J connectivity index is 2.15. The van der Waals surface area contributed by atoms with E-state index in [2.05, 4.69) is 20.0 Å². The van der Waals surface area contributed by atoms with E-state index >= 15 is 0 Å². The van der Waals surface area contributed by atoms with Gasteiger partial charge in [-0.3, -0.25) is 4.79 Å². The van der Waals surface area contributed by atoms with Gasteiger partial charge in [-0.1, -0.05) is 12.1 Å². The van der Waals surface area contributed by atoms with Crippen molar-refractivity contribution in [3.8, 4) is 0 Å². The fraction of sp³-hybridized carbons (Fsp3) is 0. The van der Waals surface area contributed by atoms with Crippen LogP contribution in [0.15, 0.2) is 50.3 Å². The van der Waals surface area contributed by atoms with Crippen LogP contribution in [0.1, 0.15) is 10.4 Å². The number of nitrogens with zero attached hydrogens (tertiary/aromatic N) is 4. The Morgan fingerprint density at radius 2 is 1.86 bits per heavy atom. The molecule has 1 amide bonds. The lowest BCUT2D eigenvalue weighted by atomic mass is 10.1. The van der Waals surface area contributed by atoms with E-state index in [0.717, 1.165) is 21.5 Å². The molecular weight excluding hydrogens is 266 g/mol. The Morgan fingerprint density at radius 1 is 1.00 bits per heavy atom. The van der Waals surface area contributed by atoms with Crippen molar-refractivity contribution in [2.24, 2.45) is 25.7 Å². The number of hydrogen-bond donors (Lipinski definition) is 1. The second-order valence-electron chi connectivity index (χ2n) is 4.67. The first-order valence-electron chi connectivity index (χ1n) is 6.32. The van der Waals surface area contributed by atoms with Gasteiger partial charge in [0.05, 0.1) is 22.0 Å². The molecule has 0 unspecified atom stereocenters. The van der Waals surface area contributed by atoms with Gasteiger partial charge in [-0.15, -0.1) is 0 Å². The van der Waals surface area contributed by atoms with Crippen molar-refractivity contribution >= 4 is 30.0 Å². The van der Waals surface area contributed by atoms with Gasteiger partial charge in [0, 0.05) is 5.22 Å². The molecule has 0 radical (unpaired) electrons. The van der Waals surface area contributed by atoms with Crippen molar-refractivity contribution in [3.05, 3.63) is 57.0 Å². The molecule has 6 nitrogen and oxygen atoms in total. The average Bonchev–Trinajstić information content (AvgIpc) is 3.14. The summed E-state index contributed by atoms with van der Waals surface area (Å²) in [6, 6.07) is 9.30. The van der Waals surface area contributed by atoms with Crippen molar-refractivity contribution in [2.45, 2.75) is 0 Å². The second-order valence-corrected chi connectivity index (χ2v) is 4.67. The highest BCUT2D eigenvalue weighted by Gasteiger charge is 2.13. The molecule has 0 atom stereocenters. The van der Waals surface area contributed by atoms with E-state index in [4.69, 9.17) is 5.73 Å². The standard InChI is InChI=1S/C15H9N5O/c16-15(21)10-3-2-9(13-14(10)20-7-19-13)8-1-4-11-12(5-8)18-6-17-11/h1-7H,(H2,16,21). The molecule has 2 aliphatic heterocycles. The van der Waals surface area contributed by atoms with Gasteiger partial charge in [0.1, 0.15) is 18.4 Å². The molecule has 21 heavy (non-hydrogen) atoms. The van der Waals surface area contributed by atoms with Crippen molar-refractivity contribution in [2.75, 3.05) is 0 Å². The number of carbonyl (C=O) groups is 1. The predicted octanol–water partition coefficient (Wildman–Crippen LogP) is 0.658. The third kappa shape index (κ3) is 1.69. The second kappa shape index (κ2) is 4.17. The summed E-state index contributed by atoms with van der Waals surface area (Å²) in [5, 5.41) is 3.34. The molecule has 0 fully saturated rings. The number of nitrogens with two attached hydrogens (primary N) is 1. The first kappa shape index (κ1) is 11.7. The van der Waals surface area contributed by atoms with Crippen LogP contribution in [-0.2, 0) is 0 Å². The molecule has 0 aliphatic carbocycles. The molecule has 2 aliphatic rings. The molecule has 4 rings (SSSR count). The molecular formula is C15H9N5O. The summed E-state index contributed by atoms with van der Waals surface area (Å²) in [6.45, 7) is 0. The minimum absolute atomic E-state index is 0.375. The van der Waals surface area contributed by atoms with Gasteiger partial charge in [-0.2, -0.15) is 0 Å². The maximum atomic E-state index is 11.4. The van der Waals surface area contributed by atoms with Gasteiger partial charge in [0.25, 0.3) is 5.91 Å². The zero-order valence-electron chi connectivity index (χ0n) is 10.8. The topological polar surface area (TPSA) is 92.5 Å². The predicted molar refractivity (Wildman–Crippen MR) is 77.7 cm³/mol. The highest BCUT2D eigenvalue weighted by atomic mass is 16.1. The molecule has 100 valence electrons. The molecule has 6 heteroatoms. The molecule has 0 aromatic heterocycles. The Labute approximate surface area is 118 Å². The summed E-state index contributed by atoms with van der Waals surface area (Å²) >= 11 is 0. The molecule has 2 aromatic rings. The number of benzene rings is 2. The first-order valence-corrected chi connectivity index (χ1v) is 6.32. The summed E-state index contributed by atoms with van der Waals surface area (Å²) in [6.07, 6.45) is 2.96. The van der Waals surface area contributed by atoms with E-state index in [-0.39, 0.29) is 0 Å². The first-order chi connectivity index (χ1) is 10.2. The van der Waals surface area contributed by atoms with Gasteiger partial charge >= 0.3 is 0 Å². The quantitative estimate of drug-likeness (QED) is 0.813. The fourth-order valence-corrected chi connectivity index (χ4v) is 2.47. The summed E-state index contributed by atoms with van der Waals surface area (Å²) in [5.41, 5.74) is 7.08. The third-order valence-electron chi connectivity index (χ3n) is 3.47. The highest BCUT2D eigenvalue weighted by Crippen LogP contribution is 2.16. The van der Waals surface area contributed by atoms with Crippen LogP contribution in [0.3, 0.4) is 0 Å². The average molecular weight is 275 g/mol. The zero-order valence-corrected chi connectivity index (χ0v) is 10.8. The van der Waals surface area contributed by atoms with Crippen LogP contribution in [0, 0.1) is 10.4 Å². The van der Waals surface area contributed by atoms with Crippen LogP contribution in [0.25, 0.3) is 0 Å². The van der Waals surface area contributed by atoms with E-state index in [1.165, 1.54) is 12.7 Å². The Hall–Kier alpha value is -3.15. The third-order valence-corrected chi connectivity index (χ3v) is 3.47. The van der Waals surface area contributed by atoms with Gasteiger partial charge < -0.3 is 5.73 Å². The fourth-order valence-electron chi connectivity index (χ4n) is 2.47. The van der Waals surface area contributed by atoms with Crippen molar-refractivity contribution in [1.82, 2.24) is 0 Å². The largest absolute Gasteiger partial charge is 0.366 e. The van der Waals surface area contributed by atoms with Crippen molar-refractivity contribution in [1.29, 1.82) is 0 Å². The van der Waals surface area contributed by atoms with Crippen LogP contribution >= 0.6 is 0 Å². The lowest BCUT2D eigenvalue weighted by Crippen LogP contribution is -2.15. The van der Waals surface area contributed by atoms with Gasteiger partial charge in [0.15, 0.2) is 0 Å². The highest BCUT2D eigenvalue weighted by molar-refractivity contribution is 5.98. The van der Waals surface area contributed by atoms with E-state index in [1.807, 2.05) is 24.3 Å². The van der Waals surface area contributed by atoms with Crippen LogP contribution in [0.5, 0.6) is 0 Å². The van der Waals surface area contributed by atoms with E-state index in [1.54, 1.807) is 6.07 Å². The molecule has 2 heterocycles. The van der Waals surface area contributed by atoms with E-state index in [0.29, 0.717) is 16.6 Å². The van der Waals surface area contributed by atoms with Gasteiger partial charge in [-0.05, 0) is 23.4 Å². The number of hydrogen-bond acceptors (Lipinski definition) is 5. The zero-order chi connectivity index (χ0) is 14.4. The van der Waals surface area contributed by atoms with E-state index in [9.17, 15) is 4.79 Å². The number of amides is 1. The summed E-state index contributed by atoms with van der Waals surface area (Å²) < 4.78 is 0. The summed E-state index contributed by atoms with van der Waals surface area (Å²) in [5.74, 6) is -0.510. The molecule has 0 saturated carbocycles. The maximum absolute atomic E-state index is 11.4. The summed E-state index contributed by atoms with van der Waals surface area (Å²) in [7, 11) is 0. The Morgan fingerprint density at radius 3 is 2.71 bits per heavy atom. The monoisotopic (exact) mass is 275 g/mol. The maximum Gasteiger partial charge on any atom is 0.250 e. The number of aliphatic imine (C=N–C) groups is 2. The Bertz CT molecular complexity index is 1070. The number of fused-ring (bicyclic) bond motifs is 2. The molecule has 2 aromatic carbocycles. The van der Waals surface area contributed by atoms with Crippen LogP contribution in [-0.4, -0.2) is 18.6 Å². The van der Waals surface area contributed by atoms with Crippen LogP contribution < -0.4 is 16.4 Å². The van der Waals surface area contributed by atoms with Crippen molar-refractivity contribution < 1.29 is 4.79 Å². The van der Waals surface area contributed by atoms with Gasteiger partial charge in [-0.25, -0.2) is 20.0 Å². The van der Waals surface area contributed by atoms with Crippen LogP contribution in [0.2, 0.25) is 0 Å². The van der Waals surface area contributed by atoms with Gasteiger partial charge in [0.2, 0.25) is 0 Å². The summed E-state index contributed by atoms with van der Waals surface area (Å²) in [4.78, 5) is 28.2. The molecule has 0 bridgehead atoms. The van der Waals surface area contributed by atoms with Crippen molar-refractivity contribution in [3.63, 3.8) is 0 Å². The lowest BCUT2D eigenvalue weighted by Gasteiger charge is -2.00. The number of primary amides is 1. The smallest absolute Gasteiger partial charge is 0.250 e. The molecule has 0 saturated heterocycles. The molecule has 2 N–H and O–H groups in total.